The Morgan fingerprint density at radius 2 is 1.67 bits per heavy atom. The average Bonchev–Trinajstić information content (AvgIpc) is 1.85. The van der Waals surface area contributed by atoms with Crippen molar-refractivity contribution >= 4 is 10.4 Å². The van der Waals surface area contributed by atoms with Crippen molar-refractivity contribution in [1.29, 1.82) is 0 Å². The SMILES string of the molecule is O=S(=O)(O)Oc1ccccc1.[Ti]. The smallest absolute Gasteiger partial charge is 0.362 e. The van der Waals surface area contributed by atoms with Crippen molar-refractivity contribution < 1.29 is 38.9 Å². The molecule has 0 bridgehead atoms. The first-order chi connectivity index (χ1) is 5.08. The van der Waals surface area contributed by atoms with E-state index in [9.17, 15) is 8.42 Å². The van der Waals surface area contributed by atoms with Gasteiger partial charge in [0.05, 0.1) is 0 Å². The van der Waals surface area contributed by atoms with Crippen LogP contribution < -0.4 is 4.18 Å². The number of hydrogen-bond donors (Lipinski definition) is 1. The number of rotatable bonds is 2. The largest absolute Gasteiger partial charge is 0.446 e. The fourth-order valence-corrected chi connectivity index (χ4v) is 0.952. The van der Waals surface area contributed by atoms with Crippen molar-refractivity contribution in [2.45, 2.75) is 0 Å². The topological polar surface area (TPSA) is 63.6 Å². The van der Waals surface area contributed by atoms with Crippen molar-refractivity contribution in [2.24, 2.45) is 0 Å². The van der Waals surface area contributed by atoms with Crippen LogP contribution in [0.3, 0.4) is 0 Å². The molecule has 1 rings (SSSR count). The second-order valence-electron chi connectivity index (χ2n) is 1.82. The van der Waals surface area contributed by atoms with Gasteiger partial charge in [0.25, 0.3) is 0 Å². The third-order valence-corrected chi connectivity index (χ3v) is 1.35. The maximum atomic E-state index is 10.1. The van der Waals surface area contributed by atoms with Gasteiger partial charge in [0, 0.05) is 21.7 Å². The first-order valence-electron chi connectivity index (χ1n) is 2.80. The molecule has 1 aromatic carbocycles. The molecule has 0 heterocycles. The second kappa shape index (κ2) is 4.62. The van der Waals surface area contributed by atoms with E-state index in [4.69, 9.17) is 4.55 Å². The van der Waals surface area contributed by atoms with Crippen LogP contribution in [0.2, 0.25) is 0 Å². The van der Waals surface area contributed by atoms with E-state index in [1.165, 1.54) is 12.1 Å². The molecule has 0 aromatic heterocycles. The van der Waals surface area contributed by atoms with Crippen LogP contribution in [-0.2, 0) is 32.1 Å². The van der Waals surface area contributed by atoms with E-state index in [1.807, 2.05) is 0 Å². The fourth-order valence-electron chi connectivity index (χ4n) is 0.598. The molecule has 0 aliphatic rings. The third kappa shape index (κ3) is 4.51. The molecular formula is C6H6O4STi. The zero-order valence-electron chi connectivity index (χ0n) is 5.97. The first kappa shape index (κ1) is 11.6. The average molecular weight is 222 g/mol. The predicted molar refractivity (Wildman–Crippen MR) is 38.6 cm³/mol. The minimum absolute atomic E-state index is 0. The van der Waals surface area contributed by atoms with Gasteiger partial charge in [-0.15, -0.1) is 0 Å². The fraction of sp³-hybridized carbons (Fsp3) is 0. The summed E-state index contributed by atoms with van der Waals surface area (Å²) in [6.45, 7) is 0. The molecule has 0 fully saturated rings. The van der Waals surface area contributed by atoms with Crippen LogP contribution in [0.4, 0.5) is 0 Å². The Morgan fingerprint density at radius 3 is 2.08 bits per heavy atom. The molecule has 12 heavy (non-hydrogen) atoms. The Hall–Kier alpha value is -0.356. The molecule has 1 N–H and O–H groups in total. The third-order valence-electron chi connectivity index (χ3n) is 0.945. The van der Waals surface area contributed by atoms with Crippen molar-refractivity contribution in [1.82, 2.24) is 0 Å². The molecule has 0 aliphatic carbocycles. The number of hydrogen-bond acceptors (Lipinski definition) is 3. The van der Waals surface area contributed by atoms with Crippen LogP contribution in [-0.4, -0.2) is 13.0 Å². The molecular weight excluding hydrogens is 216 g/mol. The molecule has 64 valence electrons. The minimum atomic E-state index is -4.38. The molecule has 1 aromatic rings. The summed E-state index contributed by atoms with van der Waals surface area (Å²) in [5.74, 6) is 0.0926. The van der Waals surface area contributed by atoms with Crippen LogP contribution in [0.25, 0.3) is 0 Å². The summed E-state index contributed by atoms with van der Waals surface area (Å²) in [6, 6.07) is 7.75. The summed E-state index contributed by atoms with van der Waals surface area (Å²) in [5.41, 5.74) is 0. The standard InChI is InChI=1S/C6H6O4S.Ti/c7-11(8,9)10-6-4-2-1-3-5-6;/h1-5H,(H,7,8,9);. The Balaban J connectivity index is 0.00000121. The van der Waals surface area contributed by atoms with Gasteiger partial charge in [-0.2, -0.15) is 8.42 Å². The van der Waals surface area contributed by atoms with Gasteiger partial charge >= 0.3 is 10.4 Å². The van der Waals surface area contributed by atoms with Crippen LogP contribution in [0, 0.1) is 0 Å². The van der Waals surface area contributed by atoms with Crippen LogP contribution in [0.1, 0.15) is 0 Å². The van der Waals surface area contributed by atoms with Crippen LogP contribution in [0.15, 0.2) is 30.3 Å². The van der Waals surface area contributed by atoms with Gasteiger partial charge in [-0.1, -0.05) is 18.2 Å². The van der Waals surface area contributed by atoms with Gasteiger partial charge in [0.1, 0.15) is 5.75 Å². The van der Waals surface area contributed by atoms with Crippen LogP contribution >= 0.6 is 0 Å². The van der Waals surface area contributed by atoms with E-state index in [1.54, 1.807) is 18.2 Å². The second-order valence-corrected chi connectivity index (χ2v) is 2.85. The van der Waals surface area contributed by atoms with Crippen molar-refractivity contribution in [3.8, 4) is 5.75 Å². The van der Waals surface area contributed by atoms with E-state index in [0.29, 0.717) is 0 Å². The zero-order chi connectivity index (χ0) is 8.32. The van der Waals surface area contributed by atoms with Crippen LogP contribution in [0.5, 0.6) is 5.75 Å². The molecule has 6 heteroatoms. The minimum Gasteiger partial charge on any atom is -0.362 e. The monoisotopic (exact) mass is 222 g/mol. The Bertz CT molecular complexity index is 321. The Kier molecular flexibility index (Phi) is 4.48. The molecule has 0 amide bonds. The van der Waals surface area contributed by atoms with E-state index >= 15 is 0 Å². The molecule has 0 radical (unpaired) electrons. The Morgan fingerprint density at radius 1 is 1.17 bits per heavy atom. The van der Waals surface area contributed by atoms with Crippen molar-refractivity contribution in [3.05, 3.63) is 30.3 Å². The zero-order valence-corrected chi connectivity index (χ0v) is 8.35. The van der Waals surface area contributed by atoms with Crippen molar-refractivity contribution in [2.75, 3.05) is 0 Å². The van der Waals surface area contributed by atoms with Gasteiger partial charge in [0.15, 0.2) is 0 Å². The maximum absolute atomic E-state index is 10.1. The molecule has 4 nitrogen and oxygen atoms in total. The summed E-state index contributed by atoms with van der Waals surface area (Å²) in [7, 11) is -4.38. The van der Waals surface area contributed by atoms with E-state index < -0.39 is 10.4 Å². The quantitative estimate of drug-likeness (QED) is 0.595. The summed E-state index contributed by atoms with van der Waals surface area (Å²) < 4.78 is 32.6. The summed E-state index contributed by atoms with van der Waals surface area (Å²) in [4.78, 5) is 0. The normalized spacial score (nSPS) is 10.1. The molecule has 0 atom stereocenters. The molecule has 0 saturated carbocycles. The number of para-hydroxylation sites is 1. The molecule has 0 aliphatic heterocycles. The van der Waals surface area contributed by atoms with Gasteiger partial charge in [0.2, 0.25) is 0 Å². The van der Waals surface area contributed by atoms with E-state index in [-0.39, 0.29) is 27.5 Å². The molecule has 0 saturated heterocycles. The van der Waals surface area contributed by atoms with Gasteiger partial charge in [-0.3, -0.25) is 4.55 Å². The van der Waals surface area contributed by atoms with E-state index in [0.717, 1.165) is 0 Å². The number of benzene rings is 1. The van der Waals surface area contributed by atoms with E-state index in [2.05, 4.69) is 4.18 Å². The predicted octanol–water partition coefficient (Wildman–Crippen LogP) is 0.866. The maximum Gasteiger partial charge on any atom is 0.446 e. The van der Waals surface area contributed by atoms with Crippen molar-refractivity contribution in [3.63, 3.8) is 0 Å². The summed E-state index contributed by atoms with van der Waals surface area (Å²) in [6.07, 6.45) is 0. The molecule has 0 spiro atoms. The van der Waals surface area contributed by atoms with Gasteiger partial charge in [-0.05, 0) is 12.1 Å². The van der Waals surface area contributed by atoms with Gasteiger partial charge in [-0.25, -0.2) is 0 Å². The Labute approximate surface area is 85.4 Å². The summed E-state index contributed by atoms with van der Waals surface area (Å²) >= 11 is 0. The van der Waals surface area contributed by atoms with Gasteiger partial charge < -0.3 is 4.18 Å². The summed E-state index contributed by atoms with van der Waals surface area (Å²) in [5, 5.41) is 0. The molecule has 0 unspecified atom stereocenters. The first-order valence-corrected chi connectivity index (χ1v) is 4.16.